The number of aryl methyl sites for hydroxylation is 1. The lowest BCUT2D eigenvalue weighted by Gasteiger charge is -2.19. The molecule has 0 radical (unpaired) electrons. The summed E-state index contributed by atoms with van der Waals surface area (Å²) in [5, 5.41) is 1.37. The Morgan fingerprint density at radius 1 is 1.44 bits per heavy atom. The fraction of sp³-hybridized carbons (Fsp3) is 0.385. The molecule has 2 rings (SSSR count). The molecule has 96 valence electrons. The highest BCUT2D eigenvalue weighted by atomic mass is 35.5. The molecule has 0 fully saturated rings. The highest BCUT2D eigenvalue weighted by Crippen LogP contribution is 2.27. The molecule has 0 atom stereocenters. The quantitative estimate of drug-likeness (QED) is 0.729. The van der Waals surface area contributed by atoms with Crippen molar-refractivity contribution >= 4 is 28.7 Å². The van der Waals surface area contributed by atoms with Gasteiger partial charge in [-0.1, -0.05) is 11.6 Å². The zero-order valence-electron chi connectivity index (χ0n) is 10.8. The number of pyridine rings is 1. The number of carbonyl (C=O) groups excluding carboxylic acids is 1. The van der Waals surface area contributed by atoms with Gasteiger partial charge in [0.25, 0.3) is 0 Å². The van der Waals surface area contributed by atoms with Crippen LogP contribution >= 0.6 is 11.6 Å². The maximum absolute atomic E-state index is 12.1. The summed E-state index contributed by atoms with van der Waals surface area (Å²) in [6.07, 6.45) is 2.82. The second-order valence-electron chi connectivity index (χ2n) is 5.15. The van der Waals surface area contributed by atoms with Crippen molar-refractivity contribution in [2.45, 2.75) is 33.3 Å². The molecule has 0 aromatic carbocycles. The van der Waals surface area contributed by atoms with Gasteiger partial charge in [-0.25, -0.2) is 14.3 Å². The van der Waals surface area contributed by atoms with E-state index < -0.39 is 11.7 Å². The average molecular weight is 267 g/mol. The van der Waals surface area contributed by atoms with Crippen LogP contribution in [0.15, 0.2) is 18.5 Å². The molecule has 4 nitrogen and oxygen atoms in total. The van der Waals surface area contributed by atoms with Gasteiger partial charge in [0.15, 0.2) is 5.65 Å². The maximum Gasteiger partial charge on any atom is 0.420 e. The fourth-order valence-corrected chi connectivity index (χ4v) is 2.03. The molecule has 0 aliphatic rings. The lowest BCUT2D eigenvalue weighted by Crippen LogP contribution is -2.26. The Morgan fingerprint density at radius 2 is 2.11 bits per heavy atom. The zero-order chi connectivity index (χ0) is 13.5. The van der Waals surface area contributed by atoms with E-state index in [1.165, 1.54) is 4.57 Å². The first kappa shape index (κ1) is 12.9. The molecule has 2 heterocycles. The molecule has 0 unspecified atom stereocenters. The molecule has 2 aromatic rings. The monoisotopic (exact) mass is 266 g/mol. The van der Waals surface area contributed by atoms with E-state index in [2.05, 4.69) is 4.98 Å². The van der Waals surface area contributed by atoms with Crippen molar-refractivity contribution in [2.75, 3.05) is 0 Å². The summed E-state index contributed by atoms with van der Waals surface area (Å²) in [6, 6.07) is 1.70. The van der Waals surface area contributed by atoms with Crippen LogP contribution in [0.5, 0.6) is 0 Å². The normalized spacial score (nSPS) is 11.8. The smallest absolute Gasteiger partial charge is 0.420 e. The molecule has 0 aliphatic heterocycles. The minimum Gasteiger partial charge on any atom is -0.443 e. The number of nitrogens with zero attached hydrogens (tertiary/aromatic N) is 2. The van der Waals surface area contributed by atoms with Crippen LogP contribution in [0.2, 0.25) is 5.02 Å². The van der Waals surface area contributed by atoms with Crippen molar-refractivity contribution in [1.29, 1.82) is 0 Å². The Morgan fingerprint density at radius 3 is 2.72 bits per heavy atom. The molecular formula is C13H15ClN2O2. The van der Waals surface area contributed by atoms with E-state index in [0.717, 1.165) is 10.9 Å². The predicted octanol–water partition coefficient (Wildman–Crippen LogP) is 3.78. The molecule has 0 bridgehead atoms. The molecule has 0 saturated carbocycles. The molecule has 0 N–H and O–H groups in total. The van der Waals surface area contributed by atoms with Gasteiger partial charge in [0.2, 0.25) is 0 Å². The van der Waals surface area contributed by atoms with Crippen LogP contribution in [0.1, 0.15) is 26.3 Å². The SMILES string of the molecule is Cc1cn(C(=O)OC(C)(C)C)c2nccc(Cl)c12. The predicted molar refractivity (Wildman–Crippen MR) is 71.1 cm³/mol. The Balaban J connectivity index is 2.53. The van der Waals surface area contributed by atoms with Crippen molar-refractivity contribution in [3.05, 3.63) is 29.0 Å². The van der Waals surface area contributed by atoms with Crippen LogP contribution in [0.4, 0.5) is 4.79 Å². The van der Waals surface area contributed by atoms with Gasteiger partial charge in [0.05, 0.1) is 5.02 Å². The van der Waals surface area contributed by atoms with Gasteiger partial charge >= 0.3 is 6.09 Å². The van der Waals surface area contributed by atoms with Gasteiger partial charge in [-0.2, -0.15) is 0 Å². The lowest BCUT2D eigenvalue weighted by atomic mass is 10.2. The zero-order valence-corrected chi connectivity index (χ0v) is 11.6. The Labute approximate surface area is 111 Å². The fourth-order valence-electron chi connectivity index (χ4n) is 1.74. The van der Waals surface area contributed by atoms with Gasteiger partial charge in [0, 0.05) is 17.8 Å². The van der Waals surface area contributed by atoms with Crippen molar-refractivity contribution in [3.8, 4) is 0 Å². The second-order valence-corrected chi connectivity index (χ2v) is 5.56. The molecule has 0 saturated heterocycles. The standard InChI is InChI=1S/C13H15ClN2O2/c1-8-7-16(12(17)18-13(2,3)4)11-10(8)9(14)5-6-15-11/h5-7H,1-4H3. The Kier molecular flexibility index (Phi) is 3.07. The Bertz CT molecular complexity index is 611. The summed E-state index contributed by atoms with van der Waals surface area (Å²) in [7, 11) is 0. The summed E-state index contributed by atoms with van der Waals surface area (Å²) >= 11 is 6.11. The number of ether oxygens (including phenoxy) is 1. The molecular weight excluding hydrogens is 252 g/mol. The number of hydrogen-bond donors (Lipinski definition) is 0. The van der Waals surface area contributed by atoms with Crippen LogP contribution in [0.25, 0.3) is 11.0 Å². The molecule has 5 heteroatoms. The topological polar surface area (TPSA) is 44.1 Å². The number of carbonyl (C=O) groups is 1. The number of halogens is 1. The molecule has 18 heavy (non-hydrogen) atoms. The van der Waals surface area contributed by atoms with E-state index in [1.54, 1.807) is 18.5 Å². The minimum atomic E-state index is -0.542. The summed E-state index contributed by atoms with van der Waals surface area (Å²) in [5.74, 6) is 0. The largest absolute Gasteiger partial charge is 0.443 e. The van der Waals surface area contributed by atoms with Crippen molar-refractivity contribution in [1.82, 2.24) is 9.55 Å². The summed E-state index contributed by atoms with van der Waals surface area (Å²) in [5.41, 5.74) is 0.878. The first-order chi connectivity index (χ1) is 8.29. The molecule has 2 aromatic heterocycles. The lowest BCUT2D eigenvalue weighted by molar-refractivity contribution is 0.0543. The van der Waals surface area contributed by atoms with E-state index >= 15 is 0 Å². The van der Waals surface area contributed by atoms with Crippen LogP contribution < -0.4 is 0 Å². The Hall–Kier alpha value is -1.55. The third-order valence-electron chi connectivity index (χ3n) is 2.42. The summed E-state index contributed by atoms with van der Waals surface area (Å²) < 4.78 is 6.72. The van der Waals surface area contributed by atoms with E-state index in [0.29, 0.717) is 10.7 Å². The molecule has 0 spiro atoms. The molecule has 0 aliphatic carbocycles. The van der Waals surface area contributed by atoms with Gasteiger partial charge in [-0.15, -0.1) is 0 Å². The third kappa shape index (κ3) is 2.34. The first-order valence-electron chi connectivity index (χ1n) is 5.65. The third-order valence-corrected chi connectivity index (χ3v) is 2.73. The van der Waals surface area contributed by atoms with Crippen molar-refractivity contribution in [2.24, 2.45) is 0 Å². The van der Waals surface area contributed by atoms with E-state index in [-0.39, 0.29) is 0 Å². The van der Waals surface area contributed by atoms with Crippen molar-refractivity contribution < 1.29 is 9.53 Å². The number of aromatic nitrogens is 2. The van der Waals surface area contributed by atoms with Gasteiger partial charge in [-0.3, -0.25) is 0 Å². The van der Waals surface area contributed by atoms with Crippen LogP contribution in [0.3, 0.4) is 0 Å². The summed E-state index contributed by atoms with van der Waals surface area (Å²) in [6.45, 7) is 7.36. The number of fused-ring (bicyclic) bond motifs is 1. The highest BCUT2D eigenvalue weighted by Gasteiger charge is 2.21. The summed E-state index contributed by atoms with van der Waals surface area (Å²) in [4.78, 5) is 16.2. The van der Waals surface area contributed by atoms with Crippen LogP contribution in [-0.4, -0.2) is 21.2 Å². The molecule has 0 amide bonds. The average Bonchev–Trinajstić information content (AvgIpc) is 2.55. The minimum absolute atomic E-state index is 0.449. The van der Waals surface area contributed by atoms with E-state index in [4.69, 9.17) is 16.3 Å². The highest BCUT2D eigenvalue weighted by molar-refractivity contribution is 6.35. The van der Waals surface area contributed by atoms with Crippen LogP contribution in [0, 0.1) is 6.92 Å². The maximum atomic E-state index is 12.1. The number of rotatable bonds is 0. The van der Waals surface area contributed by atoms with Gasteiger partial charge in [-0.05, 0) is 39.3 Å². The van der Waals surface area contributed by atoms with Gasteiger partial charge in [0.1, 0.15) is 5.60 Å². The second kappa shape index (κ2) is 4.28. The van der Waals surface area contributed by atoms with E-state index in [9.17, 15) is 4.79 Å². The van der Waals surface area contributed by atoms with E-state index in [1.807, 2.05) is 27.7 Å². The van der Waals surface area contributed by atoms with Crippen molar-refractivity contribution in [3.63, 3.8) is 0 Å². The van der Waals surface area contributed by atoms with Gasteiger partial charge < -0.3 is 4.74 Å². The first-order valence-corrected chi connectivity index (χ1v) is 6.03. The van der Waals surface area contributed by atoms with Crippen LogP contribution in [-0.2, 0) is 4.74 Å². The number of hydrogen-bond acceptors (Lipinski definition) is 3.